The summed E-state index contributed by atoms with van der Waals surface area (Å²) >= 11 is 12.4. The zero-order chi connectivity index (χ0) is 31.1. The first-order valence-electron chi connectivity index (χ1n) is 14.5. The summed E-state index contributed by atoms with van der Waals surface area (Å²) in [7, 11) is 0. The van der Waals surface area contributed by atoms with Gasteiger partial charge in [-0.15, -0.1) is 0 Å². The van der Waals surface area contributed by atoms with Crippen molar-refractivity contribution in [1.29, 1.82) is 0 Å². The summed E-state index contributed by atoms with van der Waals surface area (Å²) in [5, 5.41) is 10.4. The van der Waals surface area contributed by atoms with Crippen molar-refractivity contribution in [2.24, 2.45) is 5.92 Å². The van der Waals surface area contributed by atoms with Crippen LogP contribution in [0.15, 0.2) is 73.1 Å². The first kappa shape index (κ1) is 31.7. The van der Waals surface area contributed by atoms with Crippen LogP contribution in [0.3, 0.4) is 0 Å². The smallest absolute Gasteiger partial charge is 0.358 e. The van der Waals surface area contributed by atoms with E-state index in [9.17, 15) is 18.0 Å². The number of nitrogens with zero attached hydrogens (tertiary/aromatic N) is 3. The lowest BCUT2D eigenvalue weighted by Gasteiger charge is -2.27. The van der Waals surface area contributed by atoms with E-state index in [1.807, 2.05) is 24.5 Å². The zero-order valence-corrected chi connectivity index (χ0v) is 25.4. The van der Waals surface area contributed by atoms with Crippen LogP contribution in [0, 0.1) is 5.92 Å². The Kier molecular flexibility index (Phi) is 10.3. The highest BCUT2D eigenvalue weighted by Crippen LogP contribution is 2.31. The number of aromatic nitrogens is 3. The van der Waals surface area contributed by atoms with E-state index in [4.69, 9.17) is 23.2 Å². The number of halogens is 5. The van der Waals surface area contributed by atoms with Crippen molar-refractivity contribution in [2.45, 2.75) is 63.8 Å². The second-order valence-corrected chi connectivity index (χ2v) is 11.8. The number of rotatable bonds is 11. The van der Waals surface area contributed by atoms with Crippen LogP contribution in [-0.4, -0.2) is 26.5 Å². The highest BCUT2D eigenvalue weighted by molar-refractivity contribution is 6.35. The van der Waals surface area contributed by atoms with Gasteiger partial charge in [-0.2, -0.15) is 23.1 Å². The van der Waals surface area contributed by atoms with Crippen molar-refractivity contribution < 1.29 is 18.0 Å². The van der Waals surface area contributed by atoms with Crippen LogP contribution in [-0.2, 0) is 24.1 Å². The molecule has 0 radical (unpaired) electrons. The number of hydrogen-bond acceptors (Lipinski definition) is 5. The van der Waals surface area contributed by atoms with E-state index in [0.29, 0.717) is 39.6 Å². The highest BCUT2D eigenvalue weighted by atomic mass is 35.5. The Hall–Kier alpha value is -3.76. The van der Waals surface area contributed by atoms with Crippen molar-refractivity contribution in [3.63, 3.8) is 0 Å². The largest absolute Gasteiger partial charge is 0.416 e. The summed E-state index contributed by atoms with van der Waals surface area (Å²) in [5.41, 5.74) is 0.455. The molecule has 0 unspecified atom stereocenters. The summed E-state index contributed by atoms with van der Waals surface area (Å²) < 4.78 is 41.5. The molecule has 0 spiro atoms. The topological polar surface area (TPSA) is 83.9 Å². The number of anilines is 2. The number of amides is 1. The summed E-state index contributed by atoms with van der Waals surface area (Å²) in [5.74, 6) is 1.34. The predicted octanol–water partition coefficient (Wildman–Crippen LogP) is 8.27. The average Bonchev–Trinajstić information content (AvgIpc) is 3.55. The van der Waals surface area contributed by atoms with Crippen molar-refractivity contribution in [2.75, 3.05) is 10.6 Å². The molecule has 1 aliphatic carbocycles. The van der Waals surface area contributed by atoms with Crippen LogP contribution in [0.5, 0.6) is 0 Å². The van der Waals surface area contributed by atoms with Gasteiger partial charge in [0.05, 0.1) is 5.56 Å². The van der Waals surface area contributed by atoms with Gasteiger partial charge in [0.15, 0.2) is 0 Å². The van der Waals surface area contributed by atoms with Gasteiger partial charge < -0.3 is 20.5 Å². The minimum atomic E-state index is -4.44. The van der Waals surface area contributed by atoms with Crippen LogP contribution >= 0.6 is 23.2 Å². The van der Waals surface area contributed by atoms with Crippen LogP contribution in [0.2, 0.25) is 10.0 Å². The van der Waals surface area contributed by atoms with Gasteiger partial charge in [-0.1, -0.05) is 73.5 Å². The maximum atomic E-state index is 13.6. The average molecular weight is 646 g/mol. The molecule has 2 aromatic heterocycles. The van der Waals surface area contributed by atoms with E-state index < -0.39 is 17.8 Å². The summed E-state index contributed by atoms with van der Waals surface area (Å²) in [4.78, 5) is 22.8. The molecule has 232 valence electrons. The molecule has 2 aromatic carbocycles. The molecular weight excluding hydrogens is 612 g/mol. The van der Waals surface area contributed by atoms with Gasteiger partial charge >= 0.3 is 6.18 Å². The van der Waals surface area contributed by atoms with Crippen LogP contribution in [0.4, 0.5) is 24.9 Å². The molecule has 0 saturated heterocycles. The van der Waals surface area contributed by atoms with Crippen molar-refractivity contribution in [1.82, 2.24) is 19.9 Å². The molecular formula is C32H33Cl2F3N6O. The number of nitrogens with one attached hydrogen (secondary N) is 3. The van der Waals surface area contributed by atoms with Gasteiger partial charge in [0.2, 0.25) is 11.9 Å². The molecule has 0 bridgehead atoms. The van der Waals surface area contributed by atoms with E-state index in [2.05, 4.69) is 25.9 Å². The van der Waals surface area contributed by atoms with E-state index in [0.717, 1.165) is 43.4 Å². The van der Waals surface area contributed by atoms with Gasteiger partial charge in [0.1, 0.15) is 17.7 Å². The molecule has 2 heterocycles. The van der Waals surface area contributed by atoms with E-state index >= 15 is 0 Å². The highest BCUT2D eigenvalue weighted by Gasteiger charge is 2.30. The number of alkyl halides is 3. The van der Waals surface area contributed by atoms with Gasteiger partial charge in [-0.05, 0) is 59.9 Å². The standard InChI is InChI=1S/C32H33Cl2F3N6O/c33-25-12-11-23(26(34)17-25)20-38-30(44)27(16-21-7-2-1-3-8-21)40-28-18-29(43-13-4-5-14-43)42-31(41-28)39-19-22-9-6-10-24(15-22)32(35,36)37/h4-6,9-15,17-18,21,27H,1-3,7-8,16,19-20H2,(H,38,44)(H2,39,40,41,42)/t27-/m1/s1. The Morgan fingerprint density at radius 3 is 2.45 bits per heavy atom. The molecule has 4 aromatic rings. The fraction of sp³-hybridized carbons (Fsp3) is 0.344. The maximum absolute atomic E-state index is 13.6. The van der Waals surface area contributed by atoms with E-state index in [1.165, 1.54) is 12.5 Å². The second kappa shape index (κ2) is 14.3. The minimum absolute atomic E-state index is 0.0757. The van der Waals surface area contributed by atoms with Crippen molar-refractivity contribution in [3.05, 3.63) is 99.8 Å². The number of carbonyl (C=O) groups is 1. The SMILES string of the molecule is O=C(NCc1ccc(Cl)cc1Cl)[C@@H](CC1CCCCC1)Nc1cc(-n2cccc2)nc(NCc2cccc(C(F)(F)F)c2)n1. The summed E-state index contributed by atoms with van der Waals surface area (Å²) in [6.07, 6.45) is 5.40. The molecule has 1 amide bonds. The Morgan fingerprint density at radius 2 is 1.73 bits per heavy atom. The van der Waals surface area contributed by atoms with E-state index in [1.54, 1.807) is 34.9 Å². The Balaban J connectivity index is 1.37. The molecule has 5 rings (SSSR count). The Labute approximate surface area is 264 Å². The van der Waals surface area contributed by atoms with Gasteiger partial charge in [-0.3, -0.25) is 4.79 Å². The van der Waals surface area contributed by atoms with Crippen molar-refractivity contribution >= 4 is 40.9 Å². The maximum Gasteiger partial charge on any atom is 0.416 e. The van der Waals surface area contributed by atoms with Gasteiger partial charge in [0, 0.05) is 41.6 Å². The number of carbonyl (C=O) groups excluding carboxylic acids is 1. The second-order valence-electron chi connectivity index (χ2n) is 11.0. The monoisotopic (exact) mass is 644 g/mol. The predicted molar refractivity (Wildman–Crippen MR) is 167 cm³/mol. The third-order valence-corrected chi connectivity index (χ3v) is 8.27. The first-order chi connectivity index (χ1) is 21.1. The lowest BCUT2D eigenvalue weighted by Crippen LogP contribution is -2.41. The number of benzene rings is 2. The molecule has 0 aliphatic heterocycles. The first-order valence-corrected chi connectivity index (χ1v) is 15.3. The van der Waals surface area contributed by atoms with Crippen molar-refractivity contribution in [3.8, 4) is 5.82 Å². The Morgan fingerprint density at radius 1 is 0.955 bits per heavy atom. The molecule has 1 fully saturated rings. The molecule has 1 saturated carbocycles. The normalized spacial score (nSPS) is 14.7. The molecule has 3 N–H and O–H groups in total. The summed E-state index contributed by atoms with van der Waals surface area (Å²) in [6.45, 7) is 0.312. The number of hydrogen-bond donors (Lipinski definition) is 3. The molecule has 1 aliphatic rings. The van der Waals surface area contributed by atoms with Crippen LogP contribution < -0.4 is 16.0 Å². The molecule has 44 heavy (non-hydrogen) atoms. The fourth-order valence-electron chi connectivity index (χ4n) is 5.38. The zero-order valence-electron chi connectivity index (χ0n) is 23.9. The third kappa shape index (κ3) is 8.66. The third-order valence-electron chi connectivity index (χ3n) is 7.69. The Bertz CT molecular complexity index is 1560. The fourth-order valence-corrected chi connectivity index (χ4v) is 5.86. The quantitative estimate of drug-likeness (QED) is 0.153. The molecule has 7 nitrogen and oxygen atoms in total. The van der Waals surface area contributed by atoms with Gasteiger partial charge in [0.25, 0.3) is 0 Å². The molecule has 1 atom stereocenters. The van der Waals surface area contributed by atoms with E-state index in [-0.39, 0.29) is 24.9 Å². The van der Waals surface area contributed by atoms with Gasteiger partial charge in [-0.25, -0.2) is 0 Å². The minimum Gasteiger partial charge on any atom is -0.358 e. The lowest BCUT2D eigenvalue weighted by atomic mass is 9.84. The van der Waals surface area contributed by atoms with Crippen LogP contribution in [0.1, 0.15) is 55.2 Å². The molecule has 12 heteroatoms. The van der Waals surface area contributed by atoms with Crippen LogP contribution in [0.25, 0.3) is 5.82 Å². The lowest BCUT2D eigenvalue weighted by molar-refractivity contribution is -0.137. The summed E-state index contributed by atoms with van der Waals surface area (Å²) in [6, 6.07) is 15.1.